The highest BCUT2D eigenvalue weighted by molar-refractivity contribution is 7.91. The predicted octanol–water partition coefficient (Wildman–Crippen LogP) is 4.20. The van der Waals surface area contributed by atoms with Gasteiger partial charge in [0.2, 0.25) is 0 Å². The fourth-order valence-corrected chi connectivity index (χ4v) is 3.37. The first-order valence-corrected chi connectivity index (χ1v) is 9.97. The Morgan fingerprint density at radius 1 is 0.963 bits per heavy atom. The molecule has 2 N–H and O–H groups in total. The highest BCUT2D eigenvalue weighted by Crippen LogP contribution is 2.22. The molecule has 0 saturated heterocycles. The Morgan fingerprint density at radius 2 is 1.63 bits per heavy atom. The Labute approximate surface area is 157 Å². The van der Waals surface area contributed by atoms with E-state index in [-0.39, 0.29) is 16.5 Å². The fourth-order valence-electron chi connectivity index (χ4n) is 2.45. The molecule has 0 aliphatic heterocycles. The van der Waals surface area contributed by atoms with E-state index in [0.29, 0.717) is 28.6 Å². The van der Waals surface area contributed by atoms with E-state index in [2.05, 4.69) is 20.6 Å². The maximum absolute atomic E-state index is 13.4. The maximum atomic E-state index is 13.4. The summed E-state index contributed by atoms with van der Waals surface area (Å²) in [6.45, 7) is 3.29. The first-order valence-electron chi connectivity index (χ1n) is 8.32. The van der Waals surface area contributed by atoms with E-state index >= 15 is 0 Å². The van der Waals surface area contributed by atoms with Crippen molar-refractivity contribution in [2.45, 2.75) is 18.7 Å². The van der Waals surface area contributed by atoms with Crippen LogP contribution < -0.4 is 10.6 Å². The number of hydrogen-bond donors (Lipinski definition) is 2. The summed E-state index contributed by atoms with van der Waals surface area (Å²) in [7, 11) is -3.29. The molecule has 0 aliphatic rings. The van der Waals surface area contributed by atoms with Gasteiger partial charge in [-0.3, -0.25) is 0 Å². The topological polar surface area (TPSA) is 84.0 Å². The Kier molecular flexibility index (Phi) is 5.36. The first kappa shape index (κ1) is 18.8. The largest absolute Gasteiger partial charge is 0.340 e. The molecule has 0 spiro atoms. The van der Waals surface area contributed by atoms with Crippen molar-refractivity contribution in [3.63, 3.8) is 0 Å². The van der Waals surface area contributed by atoms with E-state index in [1.165, 1.54) is 12.4 Å². The number of benzene rings is 2. The number of sulfone groups is 1. The second-order valence-electron chi connectivity index (χ2n) is 5.93. The predicted molar refractivity (Wildman–Crippen MR) is 104 cm³/mol. The molecule has 0 bridgehead atoms. The molecule has 0 radical (unpaired) electrons. The molecule has 6 nitrogen and oxygen atoms in total. The zero-order valence-electron chi connectivity index (χ0n) is 14.9. The Bertz CT molecular complexity index is 1070. The molecule has 2 aromatic carbocycles. The van der Waals surface area contributed by atoms with Crippen LogP contribution >= 0.6 is 0 Å². The van der Waals surface area contributed by atoms with Crippen LogP contribution in [-0.4, -0.2) is 24.1 Å². The lowest BCUT2D eigenvalue weighted by atomic mass is 10.2. The zero-order chi connectivity index (χ0) is 19.4. The average molecular weight is 386 g/mol. The second-order valence-corrected chi connectivity index (χ2v) is 8.21. The average Bonchev–Trinajstić information content (AvgIpc) is 2.65. The summed E-state index contributed by atoms with van der Waals surface area (Å²) < 4.78 is 37.4. The van der Waals surface area contributed by atoms with Crippen LogP contribution in [0.1, 0.15) is 12.5 Å². The summed E-state index contributed by atoms with van der Waals surface area (Å²) in [6.07, 6.45) is 1.38. The van der Waals surface area contributed by atoms with Gasteiger partial charge in [0.15, 0.2) is 9.84 Å². The van der Waals surface area contributed by atoms with E-state index in [0.717, 1.165) is 0 Å². The van der Waals surface area contributed by atoms with Gasteiger partial charge in [-0.1, -0.05) is 13.0 Å². The lowest BCUT2D eigenvalue weighted by molar-refractivity contribution is 0.597. The maximum Gasteiger partial charge on any atom is 0.178 e. The summed E-state index contributed by atoms with van der Waals surface area (Å²) in [5, 5.41) is 6.16. The Hall–Kier alpha value is -3.00. The van der Waals surface area contributed by atoms with E-state index in [4.69, 9.17) is 0 Å². The summed E-state index contributed by atoms with van der Waals surface area (Å²) in [5.74, 6) is 0.787. The van der Waals surface area contributed by atoms with Gasteiger partial charge in [-0.2, -0.15) is 0 Å². The number of hydrogen-bond acceptors (Lipinski definition) is 6. The van der Waals surface area contributed by atoms with Gasteiger partial charge in [0.25, 0.3) is 0 Å². The van der Waals surface area contributed by atoms with Crippen LogP contribution in [0.25, 0.3) is 0 Å². The second kappa shape index (κ2) is 7.71. The number of halogens is 1. The molecule has 1 heterocycles. The minimum Gasteiger partial charge on any atom is -0.340 e. The summed E-state index contributed by atoms with van der Waals surface area (Å²) in [6, 6.07) is 12.9. The van der Waals surface area contributed by atoms with Crippen LogP contribution in [0, 0.1) is 12.7 Å². The minimum atomic E-state index is -3.29. The van der Waals surface area contributed by atoms with Gasteiger partial charge in [-0.05, 0) is 48.9 Å². The van der Waals surface area contributed by atoms with Gasteiger partial charge in [0.05, 0.1) is 10.6 Å². The quantitative estimate of drug-likeness (QED) is 0.660. The van der Waals surface area contributed by atoms with Gasteiger partial charge in [-0.15, -0.1) is 0 Å². The molecule has 0 unspecified atom stereocenters. The van der Waals surface area contributed by atoms with Crippen molar-refractivity contribution in [2.24, 2.45) is 0 Å². The smallest absolute Gasteiger partial charge is 0.178 e. The molecule has 3 aromatic rings. The summed E-state index contributed by atoms with van der Waals surface area (Å²) >= 11 is 0. The SMILES string of the molecule is CCS(=O)(=O)c1cccc(Nc2cc(Nc3ccc(F)c(C)c3)ncn2)c1. The zero-order valence-corrected chi connectivity index (χ0v) is 15.7. The summed E-state index contributed by atoms with van der Waals surface area (Å²) in [5.41, 5.74) is 1.84. The number of nitrogens with zero attached hydrogens (tertiary/aromatic N) is 2. The van der Waals surface area contributed by atoms with Crippen LogP contribution in [0.5, 0.6) is 0 Å². The molecule has 8 heteroatoms. The normalized spacial score (nSPS) is 11.2. The van der Waals surface area contributed by atoms with Gasteiger partial charge < -0.3 is 10.6 Å². The van der Waals surface area contributed by atoms with Crippen LogP contribution in [0.3, 0.4) is 0 Å². The molecule has 3 rings (SSSR count). The molecule has 0 atom stereocenters. The van der Waals surface area contributed by atoms with Crippen molar-refractivity contribution >= 4 is 32.8 Å². The number of nitrogens with one attached hydrogen (secondary N) is 2. The number of rotatable bonds is 6. The number of anilines is 4. The highest BCUT2D eigenvalue weighted by Gasteiger charge is 2.12. The van der Waals surface area contributed by atoms with Crippen LogP contribution in [0.15, 0.2) is 59.8 Å². The molecule has 0 saturated carbocycles. The van der Waals surface area contributed by atoms with E-state index in [1.54, 1.807) is 56.3 Å². The molecule has 27 heavy (non-hydrogen) atoms. The van der Waals surface area contributed by atoms with E-state index in [9.17, 15) is 12.8 Å². The van der Waals surface area contributed by atoms with E-state index in [1.807, 2.05) is 0 Å². The third-order valence-corrected chi connectivity index (χ3v) is 5.68. The molecule has 140 valence electrons. The fraction of sp³-hybridized carbons (Fsp3) is 0.158. The van der Waals surface area contributed by atoms with Crippen molar-refractivity contribution < 1.29 is 12.8 Å². The standard InChI is InChI=1S/C19H19FN4O2S/c1-3-27(25,26)16-6-4-5-14(10-16)23-18-11-19(22-12-21-18)24-15-7-8-17(20)13(2)9-15/h4-12H,3H2,1-2H3,(H2,21,22,23,24). The first-order chi connectivity index (χ1) is 12.9. The lowest BCUT2D eigenvalue weighted by Crippen LogP contribution is -2.04. The van der Waals surface area contributed by atoms with Gasteiger partial charge in [0.1, 0.15) is 23.8 Å². The molecule has 1 aromatic heterocycles. The molecule has 0 fully saturated rings. The van der Waals surface area contributed by atoms with Crippen LogP contribution in [-0.2, 0) is 9.84 Å². The third kappa shape index (κ3) is 4.59. The molecule has 0 amide bonds. The number of aryl methyl sites for hydroxylation is 1. The van der Waals surface area contributed by atoms with Crippen molar-refractivity contribution in [1.82, 2.24) is 9.97 Å². The third-order valence-electron chi connectivity index (χ3n) is 3.94. The van der Waals surface area contributed by atoms with Crippen LogP contribution in [0.2, 0.25) is 0 Å². The molecule has 0 aliphatic carbocycles. The molecular weight excluding hydrogens is 367 g/mol. The molecular formula is C19H19FN4O2S. The highest BCUT2D eigenvalue weighted by atomic mass is 32.2. The van der Waals surface area contributed by atoms with E-state index < -0.39 is 9.84 Å². The monoisotopic (exact) mass is 386 g/mol. The minimum absolute atomic E-state index is 0.0368. The van der Waals surface area contributed by atoms with Crippen molar-refractivity contribution in [2.75, 3.05) is 16.4 Å². The summed E-state index contributed by atoms with van der Waals surface area (Å²) in [4.78, 5) is 8.55. The Morgan fingerprint density at radius 3 is 2.26 bits per heavy atom. The van der Waals surface area contributed by atoms with Crippen LogP contribution in [0.4, 0.5) is 27.4 Å². The van der Waals surface area contributed by atoms with Crippen molar-refractivity contribution in [1.29, 1.82) is 0 Å². The Balaban J connectivity index is 1.80. The lowest BCUT2D eigenvalue weighted by Gasteiger charge is -2.10. The van der Waals surface area contributed by atoms with Gasteiger partial charge in [-0.25, -0.2) is 22.8 Å². The van der Waals surface area contributed by atoms with Gasteiger partial charge >= 0.3 is 0 Å². The van der Waals surface area contributed by atoms with Crippen molar-refractivity contribution in [3.8, 4) is 0 Å². The van der Waals surface area contributed by atoms with Gasteiger partial charge in [0, 0.05) is 17.4 Å². The number of aromatic nitrogens is 2. The van der Waals surface area contributed by atoms with Crippen molar-refractivity contribution in [3.05, 3.63) is 66.2 Å².